The zero-order chi connectivity index (χ0) is 21.5. The summed E-state index contributed by atoms with van der Waals surface area (Å²) in [5.74, 6) is -0.929. The molecule has 0 aromatic heterocycles. The summed E-state index contributed by atoms with van der Waals surface area (Å²) < 4.78 is 0. The Morgan fingerprint density at radius 2 is 1.77 bits per heavy atom. The molecule has 1 atom stereocenters. The average molecular weight is 405 g/mol. The molecule has 1 saturated heterocycles. The zero-order valence-corrected chi connectivity index (χ0v) is 17.0. The molecule has 1 fully saturated rings. The fraction of sp³-hybridized carbons (Fsp3) is 0.304. The van der Waals surface area contributed by atoms with Gasteiger partial charge in [-0.15, -0.1) is 0 Å². The Labute approximate surface area is 174 Å². The van der Waals surface area contributed by atoms with Crippen LogP contribution in [-0.2, 0) is 9.59 Å². The number of para-hydroxylation sites is 1. The molecule has 7 nitrogen and oxygen atoms in total. The monoisotopic (exact) mass is 405 g/mol. The highest BCUT2D eigenvalue weighted by Gasteiger charge is 2.60. The standard InChI is InChI=1S/C23H23N3O4/c1-3-14-25-21(29)18-6-4-5-7-19(18)26-20(28)12-13-23(25,26)22(30)24-17-10-8-16(9-11-17)15(2)27/h4-11H,3,12-14H2,1-2H3,(H,24,30)/t23-/m1/s1. The van der Waals surface area contributed by atoms with E-state index in [1.54, 1.807) is 48.5 Å². The maximum Gasteiger partial charge on any atom is 0.271 e. The van der Waals surface area contributed by atoms with Crippen molar-refractivity contribution in [3.63, 3.8) is 0 Å². The molecule has 2 aliphatic rings. The van der Waals surface area contributed by atoms with Crippen LogP contribution in [0.5, 0.6) is 0 Å². The normalized spacial score (nSPS) is 20.1. The summed E-state index contributed by atoms with van der Waals surface area (Å²) in [7, 11) is 0. The lowest BCUT2D eigenvalue weighted by molar-refractivity contribution is -0.128. The van der Waals surface area contributed by atoms with Crippen LogP contribution in [0.2, 0.25) is 0 Å². The van der Waals surface area contributed by atoms with E-state index >= 15 is 0 Å². The lowest BCUT2D eigenvalue weighted by atomic mass is 9.95. The molecule has 2 heterocycles. The van der Waals surface area contributed by atoms with Crippen LogP contribution < -0.4 is 10.2 Å². The van der Waals surface area contributed by atoms with Gasteiger partial charge in [-0.3, -0.25) is 24.1 Å². The van der Waals surface area contributed by atoms with Gasteiger partial charge >= 0.3 is 0 Å². The number of nitrogens with one attached hydrogen (secondary N) is 1. The number of carbonyl (C=O) groups excluding carboxylic acids is 4. The van der Waals surface area contributed by atoms with Crippen LogP contribution in [-0.4, -0.2) is 40.6 Å². The van der Waals surface area contributed by atoms with Crippen molar-refractivity contribution in [1.82, 2.24) is 4.90 Å². The Kier molecular flexibility index (Phi) is 4.89. The lowest BCUT2D eigenvalue weighted by Gasteiger charge is -2.49. The average Bonchev–Trinajstić information content (AvgIpc) is 3.10. The van der Waals surface area contributed by atoms with Crippen LogP contribution in [0, 0.1) is 0 Å². The minimum absolute atomic E-state index is 0.0670. The molecule has 2 aliphatic heterocycles. The second-order valence-corrected chi connectivity index (χ2v) is 7.61. The molecule has 0 unspecified atom stereocenters. The van der Waals surface area contributed by atoms with Crippen LogP contribution in [0.3, 0.4) is 0 Å². The van der Waals surface area contributed by atoms with Gasteiger partial charge in [-0.05, 0) is 49.7 Å². The molecule has 3 amide bonds. The number of anilines is 2. The molecule has 1 N–H and O–H groups in total. The first-order valence-electron chi connectivity index (χ1n) is 10.1. The fourth-order valence-electron chi connectivity index (χ4n) is 4.33. The molecule has 154 valence electrons. The summed E-state index contributed by atoms with van der Waals surface area (Å²) >= 11 is 0. The molecule has 7 heteroatoms. The molecular formula is C23H23N3O4. The number of amides is 3. The Morgan fingerprint density at radius 3 is 2.43 bits per heavy atom. The van der Waals surface area contributed by atoms with Crippen LogP contribution in [0.25, 0.3) is 0 Å². The summed E-state index contributed by atoms with van der Waals surface area (Å²) in [6.07, 6.45) is 1.06. The van der Waals surface area contributed by atoms with E-state index in [0.29, 0.717) is 35.5 Å². The van der Waals surface area contributed by atoms with Crippen LogP contribution in [0.4, 0.5) is 11.4 Å². The number of Topliss-reactive ketones (excluding diaryl/α,β-unsaturated/α-hetero) is 1. The molecule has 2 aromatic carbocycles. The van der Waals surface area contributed by atoms with Gasteiger partial charge in [0.1, 0.15) is 0 Å². The molecule has 0 bridgehead atoms. The molecule has 30 heavy (non-hydrogen) atoms. The van der Waals surface area contributed by atoms with E-state index in [2.05, 4.69) is 5.32 Å². The SMILES string of the molecule is CCCN1C(=O)c2ccccc2N2C(=O)CC[C@@]12C(=O)Nc1ccc(C(C)=O)cc1. The predicted molar refractivity (Wildman–Crippen MR) is 112 cm³/mol. The second-order valence-electron chi connectivity index (χ2n) is 7.61. The minimum atomic E-state index is -1.40. The van der Waals surface area contributed by atoms with Gasteiger partial charge in [0, 0.05) is 30.6 Å². The minimum Gasteiger partial charge on any atom is -0.322 e. The van der Waals surface area contributed by atoms with Gasteiger partial charge in [0.15, 0.2) is 5.78 Å². The van der Waals surface area contributed by atoms with Gasteiger partial charge in [-0.2, -0.15) is 0 Å². The second kappa shape index (κ2) is 7.40. The van der Waals surface area contributed by atoms with Crippen molar-refractivity contribution in [2.24, 2.45) is 0 Å². The first kappa shape index (κ1) is 19.8. The summed E-state index contributed by atoms with van der Waals surface area (Å²) in [6, 6.07) is 13.5. The Bertz CT molecular complexity index is 1050. The van der Waals surface area contributed by atoms with E-state index in [4.69, 9.17) is 0 Å². The molecule has 0 spiro atoms. The first-order valence-corrected chi connectivity index (χ1v) is 10.1. The number of hydrogen-bond donors (Lipinski definition) is 1. The van der Waals surface area contributed by atoms with Crippen molar-refractivity contribution in [1.29, 1.82) is 0 Å². The quantitative estimate of drug-likeness (QED) is 0.774. The summed E-state index contributed by atoms with van der Waals surface area (Å²) in [5.41, 5.74) is 0.534. The molecule has 0 saturated carbocycles. The topological polar surface area (TPSA) is 86.8 Å². The third-order valence-electron chi connectivity index (χ3n) is 5.73. The van der Waals surface area contributed by atoms with Gasteiger partial charge in [0.25, 0.3) is 11.8 Å². The van der Waals surface area contributed by atoms with E-state index in [9.17, 15) is 19.2 Å². The van der Waals surface area contributed by atoms with Crippen molar-refractivity contribution in [3.8, 4) is 0 Å². The molecule has 0 aliphatic carbocycles. The van der Waals surface area contributed by atoms with Crippen LogP contribution in [0.1, 0.15) is 53.8 Å². The number of ketones is 1. The van der Waals surface area contributed by atoms with Gasteiger partial charge in [0.05, 0.1) is 11.3 Å². The lowest BCUT2D eigenvalue weighted by Crippen LogP contribution is -2.69. The largest absolute Gasteiger partial charge is 0.322 e. The Hall–Kier alpha value is -3.48. The van der Waals surface area contributed by atoms with Gasteiger partial charge < -0.3 is 10.2 Å². The fourth-order valence-corrected chi connectivity index (χ4v) is 4.33. The van der Waals surface area contributed by atoms with E-state index in [-0.39, 0.29) is 30.4 Å². The summed E-state index contributed by atoms with van der Waals surface area (Å²) in [6.45, 7) is 3.76. The van der Waals surface area contributed by atoms with Gasteiger partial charge in [-0.1, -0.05) is 19.1 Å². The van der Waals surface area contributed by atoms with Gasteiger partial charge in [0.2, 0.25) is 11.6 Å². The summed E-state index contributed by atoms with van der Waals surface area (Å²) in [4.78, 5) is 54.3. The van der Waals surface area contributed by atoms with Crippen LogP contribution >= 0.6 is 0 Å². The highest BCUT2D eigenvalue weighted by Crippen LogP contribution is 2.45. The van der Waals surface area contributed by atoms with E-state index in [1.165, 1.54) is 16.7 Å². The number of benzene rings is 2. The third-order valence-corrected chi connectivity index (χ3v) is 5.73. The maximum atomic E-state index is 13.6. The summed E-state index contributed by atoms with van der Waals surface area (Å²) in [5, 5.41) is 2.86. The third kappa shape index (κ3) is 2.89. The van der Waals surface area contributed by atoms with E-state index in [0.717, 1.165) is 0 Å². The smallest absolute Gasteiger partial charge is 0.271 e. The molecule has 2 aromatic rings. The Balaban J connectivity index is 1.78. The molecule has 0 radical (unpaired) electrons. The van der Waals surface area contributed by atoms with Crippen molar-refractivity contribution < 1.29 is 19.2 Å². The number of carbonyl (C=O) groups is 4. The maximum absolute atomic E-state index is 13.6. The van der Waals surface area contributed by atoms with E-state index < -0.39 is 11.6 Å². The van der Waals surface area contributed by atoms with Crippen molar-refractivity contribution in [3.05, 3.63) is 59.7 Å². The van der Waals surface area contributed by atoms with E-state index in [1.807, 2.05) is 6.92 Å². The molecule has 4 rings (SSSR count). The number of nitrogens with zero attached hydrogens (tertiary/aromatic N) is 2. The highest BCUT2D eigenvalue weighted by atomic mass is 16.2. The van der Waals surface area contributed by atoms with Gasteiger partial charge in [-0.25, -0.2) is 0 Å². The number of hydrogen-bond acceptors (Lipinski definition) is 4. The number of rotatable bonds is 5. The van der Waals surface area contributed by atoms with Crippen molar-refractivity contribution in [2.45, 2.75) is 38.8 Å². The number of fused-ring (bicyclic) bond motifs is 3. The highest BCUT2D eigenvalue weighted by molar-refractivity contribution is 6.18. The van der Waals surface area contributed by atoms with Crippen molar-refractivity contribution in [2.75, 3.05) is 16.8 Å². The van der Waals surface area contributed by atoms with Crippen molar-refractivity contribution >= 4 is 34.9 Å². The predicted octanol–water partition coefficient (Wildman–Crippen LogP) is 3.22. The Morgan fingerprint density at radius 1 is 1.07 bits per heavy atom. The van der Waals surface area contributed by atoms with Crippen LogP contribution in [0.15, 0.2) is 48.5 Å². The first-order chi connectivity index (χ1) is 14.4. The zero-order valence-electron chi connectivity index (χ0n) is 17.0. The molecular weight excluding hydrogens is 382 g/mol.